The van der Waals surface area contributed by atoms with E-state index in [1.807, 2.05) is 61.5 Å². The molecule has 0 fully saturated rings. The van der Waals surface area contributed by atoms with Crippen molar-refractivity contribution in [2.45, 2.75) is 20.1 Å². The molecule has 3 heterocycles. The highest BCUT2D eigenvalue weighted by atomic mass is 19.1. The van der Waals surface area contributed by atoms with Crippen molar-refractivity contribution < 1.29 is 24.1 Å². The number of ether oxygens (including phenoxy) is 1. The Labute approximate surface area is 272 Å². The van der Waals surface area contributed by atoms with Crippen molar-refractivity contribution in [3.8, 4) is 28.4 Å². The van der Waals surface area contributed by atoms with E-state index in [1.165, 1.54) is 33.8 Å². The van der Waals surface area contributed by atoms with Crippen LogP contribution in [0.3, 0.4) is 0 Å². The molecule has 0 spiro atoms. The highest BCUT2D eigenvalue weighted by Crippen LogP contribution is 2.34. The summed E-state index contributed by atoms with van der Waals surface area (Å²) in [6, 6.07) is 26.5. The second kappa shape index (κ2) is 12.3. The lowest BCUT2D eigenvalue weighted by molar-refractivity contribution is 0.155. The summed E-state index contributed by atoms with van der Waals surface area (Å²) in [7, 11) is 0. The zero-order chi connectivity index (χ0) is 33.4. The van der Waals surface area contributed by atoms with Crippen LogP contribution in [0.15, 0.2) is 108 Å². The maximum Gasteiger partial charge on any atom is 0.413 e. The van der Waals surface area contributed by atoms with Crippen LogP contribution < -0.4 is 10.9 Å². The number of hydrogen-bond donors (Lipinski definition) is 3. The molecule has 3 N–H and O–H groups in total. The minimum Gasteiger partial charge on any atom is -0.508 e. The van der Waals surface area contributed by atoms with Crippen molar-refractivity contribution in [1.82, 2.24) is 24.3 Å². The van der Waals surface area contributed by atoms with E-state index in [0.29, 0.717) is 16.5 Å². The number of amides is 1. The molecule has 0 bridgehead atoms. The van der Waals surface area contributed by atoms with Gasteiger partial charge in [-0.05, 0) is 53.8 Å². The molecule has 4 aromatic carbocycles. The minimum absolute atomic E-state index is 0.0100. The van der Waals surface area contributed by atoms with Gasteiger partial charge in [-0.25, -0.2) is 23.8 Å². The van der Waals surface area contributed by atoms with Crippen LogP contribution in [-0.4, -0.2) is 40.6 Å². The summed E-state index contributed by atoms with van der Waals surface area (Å²) >= 11 is 0. The van der Waals surface area contributed by atoms with Gasteiger partial charge in [-0.2, -0.15) is 5.10 Å². The Balaban J connectivity index is 1.39. The number of hydrogen-bond acceptors (Lipinski definition) is 8. The molecule has 0 saturated carbocycles. The van der Waals surface area contributed by atoms with Gasteiger partial charge in [0.05, 0.1) is 23.0 Å². The number of benzene rings is 4. The molecule has 48 heavy (non-hydrogen) atoms. The third kappa shape index (κ3) is 5.66. The van der Waals surface area contributed by atoms with Crippen LogP contribution in [0.5, 0.6) is 11.5 Å². The van der Waals surface area contributed by atoms with E-state index >= 15 is 0 Å². The van der Waals surface area contributed by atoms with E-state index in [0.717, 1.165) is 17.2 Å². The van der Waals surface area contributed by atoms with Gasteiger partial charge >= 0.3 is 6.09 Å². The largest absolute Gasteiger partial charge is 0.508 e. The van der Waals surface area contributed by atoms with Gasteiger partial charge < -0.3 is 14.9 Å². The van der Waals surface area contributed by atoms with E-state index in [-0.39, 0.29) is 64.0 Å². The maximum atomic E-state index is 14.6. The number of phenols is 2. The van der Waals surface area contributed by atoms with Crippen LogP contribution in [0.4, 0.5) is 15.0 Å². The molecule has 0 saturated heterocycles. The maximum absolute atomic E-state index is 14.6. The summed E-state index contributed by atoms with van der Waals surface area (Å²) in [5, 5.41) is 29.9. The quantitative estimate of drug-likeness (QED) is 0.180. The molecule has 0 radical (unpaired) electrons. The Bertz CT molecular complexity index is 2390. The number of carbonyl (C=O) groups is 1. The molecule has 7 rings (SSSR count). The minimum atomic E-state index is -0.794. The van der Waals surface area contributed by atoms with E-state index in [9.17, 15) is 24.2 Å². The van der Waals surface area contributed by atoms with Crippen molar-refractivity contribution in [3.05, 3.63) is 136 Å². The number of halogens is 1. The number of rotatable bonds is 7. The fourth-order valence-electron chi connectivity index (χ4n) is 5.76. The summed E-state index contributed by atoms with van der Waals surface area (Å²) in [5.74, 6) is -1.10. The van der Waals surface area contributed by atoms with Crippen LogP contribution in [-0.2, 0) is 17.9 Å². The average molecular weight is 643 g/mol. The fraction of sp³-hybridized carbons (Fsp3) is 0.0833. The molecule has 238 valence electrons. The predicted molar refractivity (Wildman–Crippen MR) is 178 cm³/mol. The van der Waals surface area contributed by atoms with E-state index in [4.69, 9.17) is 9.84 Å². The Morgan fingerprint density at radius 2 is 1.71 bits per heavy atom. The number of aryl methyl sites for hydroxylation is 1. The molecule has 0 aliphatic heterocycles. The topological polar surface area (TPSA) is 144 Å². The van der Waals surface area contributed by atoms with E-state index in [1.54, 1.807) is 18.2 Å². The van der Waals surface area contributed by atoms with Gasteiger partial charge in [-0.15, -0.1) is 0 Å². The van der Waals surface area contributed by atoms with Crippen molar-refractivity contribution in [3.63, 3.8) is 0 Å². The van der Waals surface area contributed by atoms with Gasteiger partial charge in [-0.3, -0.25) is 14.7 Å². The second-order valence-electron chi connectivity index (χ2n) is 11.1. The number of nitrogens with one attached hydrogen (secondary N) is 1. The summed E-state index contributed by atoms with van der Waals surface area (Å²) in [4.78, 5) is 35.7. The van der Waals surface area contributed by atoms with Crippen LogP contribution in [0.1, 0.15) is 16.8 Å². The predicted octanol–water partition coefficient (Wildman–Crippen LogP) is 6.45. The van der Waals surface area contributed by atoms with Gasteiger partial charge in [0, 0.05) is 17.3 Å². The Morgan fingerprint density at radius 3 is 2.50 bits per heavy atom. The van der Waals surface area contributed by atoms with Crippen molar-refractivity contribution >= 4 is 33.7 Å². The molecular formula is C36H27FN6O5. The van der Waals surface area contributed by atoms with Crippen LogP contribution in [0, 0.1) is 12.7 Å². The first-order valence-corrected chi connectivity index (χ1v) is 14.9. The number of phenolic OH excluding ortho intramolecular Hbond substituents is 2. The van der Waals surface area contributed by atoms with E-state index in [2.05, 4.69) is 15.3 Å². The zero-order valence-corrected chi connectivity index (χ0v) is 25.5. The number of aromatic nitrogens is 5. The van der Waals surface area contributed by atoms with Gasteiger partial charge in [-0.1, -0.05) is 60.7 Å². The number of fused-ring (bicyclic) bond motifs is 2. The van der Waals surface area contributed by atoms with Crippen molar-refractivity contribution in [2.75, 3.05) is 5.32 Å². The molecule has 0 atom stereocenters. The SMILES string of the molecule is Cc1cccc2cc(Cn3nc(-c4cc(O)cc(F)c4)c4c(NC(=O)OCc5ccccc5)ncnc43)n(-c3ccccc3O)c(=O)c12. The number of carbonyl (C=O) groups excluding carboxylic acids is 1. The summed E-state index contributed by atoms with van der Waals surface area (Å²) in [6.07, 6.45) is 0.443. The van der Waals surface area contributed by atoms with Crippen LogP contribution in [0.25, 0.3) is 38.8 Å². The number of anilines is 1. The monoisotopic (exact) mass is 642 g/mol. The first kappa shape index (κ1) is 30.1. The number of para-hydroxylation sites is 2. The molecule has 12 heteroatoms. The molecule has 0 unspecified atom stereocenters. The first-order valence-electron chi connectivity index (χ1n) is 14.9. The first-order chi connectivity index (χ1) is 23.3. The van der Waals surface area contributed by atoms with Gasteiger partial charge in [0.2, 0.25) is 0 Å². The fourth-order valence-corrected chi connectivity index (χ4v) is 5.76. The van der Waals surface area contributed by atoms with Gasteiger partial charge in [0.1, 0.15) is 35.9 Å². The third-order valence-corrected chi connectivity index (χ3v) is 7.88. The second-order valence-corrected chi connectivity index (χ2v) is 11.1. The van der Waals surface area contributed by atoms with Gasteiger partial charge in [0.15, 0.2) is 11.5 Å². The lowest BCUT2D eigenvalue weighted by Gasteiger charge is -2.17. The third-order valence-electron chi connectivity index (χ3n) is 7.88. The number of nitrogens with zero attached hydrogens (tertiary/aromatic N) is 5. The lowest BCUT2D eigenvalue weighted by atomic mass is 10.1. The standard InChI is InChI=1S/C36H27FN6O5/c1-21-8-7-11-23-15-26(43(35(46)30(21)23)28-12-5-6-13-29(28)45)18-42-34-31(32(41-42)24-14-25(37)17-27(44)16-24)33(38-20-39-34)40-36(47)48-19-22-9-3-2-4-10-22/h2-17,20,44-45H,18-19H2,1H3,(H,38,39,40,47). The highest BCUT2D eigenvalue weighted by Gasteiger charge is 2.23. The molecular weight excluding hydrogens is 615 g/mol. The average Bonchev–Trinajstić information content (AvgIpc) is 3.44. The lowest BCUT2D eigenvalue weighted by Crippen LogP contribution is -2.24. The summed E-state index contributed by atoms with van der Waals surface area (Å²) in [6.45, 7) is 1.81. The molecule has 11 nitrogen and oxygen atoms in total. The molecule has 1 amide bonds. The summed E-state index contributed by atoms with van der Waals surface area (Å²) in [5.41, 5.74) is 2.53. The Kier molecular flexibility index (Phi) is 7.73. The number of aromatic hydroxyl groups is 2. The highest BCUT2D eigenvalue weighted by molar-refractivity contribution is 6.03. The summed E-state index contributed by atoms with van der Waals surface area (Å²) < 4.78 is 22.9. The molecule has 0 aliphatic carbocycles. The number of pyridine rings is 1. The van der Waals surface area contributed by atoms with Crippen LogP contribution >= 0.6 is 0 Å². The van der Waals surface area contributed by atoms with Crippen molar-refractivity contribution in [2.24, 2.45) is 0 Å². The molecule has 3 aromatic heterocycles. The molecule has 0 aliphatic rings. The van der Waals surface area contributed by atoms with Crippen LogP contribution in [0.2, 0.25) is 0 Å². The molecule has 7 aromatic rings. The van der Waals surface area contributed by atoms with Gasteiger partial charge in [0.25, 0.3) is 5.56 Å². The zero-order valence-electron chi connectivity index (χ0n) is 25.5. The normalized spacial score (nSPS) is 11.2. The smallest absolute Gasteiger partial charge is 0.413 e. The Hall–Kier alpha value is -6.56. The van der Waals surface area contributed by atoms with Crippen molar-refractivity contribution in [1.29, 1.82) is 0 Å². The Morgan fingerprint density at radius 1 is 0.917 bits per heavy atom. The van der Waals surface area contributed by atoms with E-state index < -0.39 is 11.9 Å².